The third-order valence-corrected chi connectivity index (χ3v) is 2.80. The third kappa shape index (κ3) is 2.58. The normalized spacial score (nSPS) is 12.3. The van der Waals surface area contributed by atoms with Gasteiger partial charge in [-0.15, -0.1) is 0 Å². The van der Waals surface area contributed by atoms with Crippen molar-refractivity contribution < 1.29 is 9.53 Å². The predicted molar refractivity (Wildman–Crippen MR) is 63.4 cm³/mol. The summed E-state index contributed by atoms with van der Waals surface area (Å²) >= 11 is 3.34. The Balaban J connectivity index is 3.22. The Bertz CT molecular complexity index is 388. The molecule has 2 N–H and O–H groups in total. The number of hydrogen-bond acceptors (Lipinski definition) is 3. The van der Waals surface area contributed by atoms with E-state index in [2.05, 4.69) is 15.9 Å². The van der Waals surface area contributed by atoms with Crippen molar-refractivity contribution in [1.82, 2.24) is 0 Å². The predicted octanol–water partition coefficient (Wildman–Crippen LogP) is 2.30. The monoisotopic (exact) mass is 271 g/mol. The zero-order chi connectivity index (χ0) is 11.6. The lowest BCUT2D eigenvalue weighted by Crippen LogP contribution is -2.27. The van der Waals surface area contributed by atoms with Gasteiger partial charge in [-0.3, -0.25) is 4.79 Å². The lowest BCUT2D eigenvalue weighted by molar-refractivity contribution is 0.0967. The number of ether oxygens (including phenoxy) is 1. The van der Waals surface area contributed by atoms with Gasteiger partial charge in [0.05, 0.1) is 17.6 Å². The second-order valence-corrected chi connectivity index (χ2v) is 4.31. The van der Waals surface area contributed by atoms with E-state index in [1.54, 1.807) is 20.1 Å². The zero-order valence-corrected chi connectivity index (χ0v) is 10.6. The summed E-state index contributed by atoms with van der Waals surface area (Å²) in [5.74, 6) is 0.657. The molecule has 0 saturated heterocycles. The van der Waals surface area contributed by atoms with Crippen LogP contribution < -0.4 is 10.5 Å². The second kappa shape index (κ2) is 4.77. The highest BCUT2D eigenvalue weighted by Crippen LogP contribution is 2.28. The summed E-state index contributed by atoms with van der Waals surface area (Å²) in [6.45, 7) is 3.55. The number of carbonyl (C=O) groups excluding carboxylic acids is 1. The van der Waals surface area contributed by atoms with Gasteiger partial charge in [-0.05, 0) is 47.5 Å². The first-order chi connectivity index (χ1) is 6.97. The van der Waals surface area contributed by atoms with Gasteiger partial charge in [-0.1, -0.05) is 0 Å². The molecule has 0 fully saturated rings. The topological polar surface area (TPSA) is 52.3 Å². The van der Waals surface area contributed by atoms with Crippen molar-refractivity contribution in [2.75, 3.05) is 7.11 Å². The number of halogens is 1. The number of nitrogens with two attached hydrogens (primary N) is 1. The van der Waals surface area contributed by atoms with Gasteiger partial charge < -0.3 is 10.5 Å². The smallest absolute Gasteiger partial charge is 0.179 e. The molecule has 1 rings (SSSR count). The fourth-order valence-corrected chi connectivity index (χ4v) is 1.83. The number of Topliss-reactive ketones (excluding diaryl/α,β-unsaturated/α-hetero) is 1. The van der Waals surface area contributed by atoms with Gasteiger partial charge in [-0.25, -0.2) is 0 Å². The Hall–Kier alpha value is -0.870. The molecule has 0 heterocycles. The Kier molecular flexibility index (Phi) is 3.88. The maximum Gasteiger partial charge on any atom is 0.179 e. The van der Waals surface area contributed by atoms with Crippen molar-refractivity contribution in [1.29, 1.82) is 0 Å². The van der Waals surface area contributed by atoms with Crippen LogP contribution in [0.5, 0.6) is 5.75 Å². The lowest BCUT2D eigenvalue weighted by Gasteiger charge is -2.11. The number of methoxy groups -OCH3 is 1. The van der Waals surface area contributed by atoms with E-state index in [1.165, 1.54) is 0 Å². The molecule has 0 radical (unpaired) electrons. The molecular formula is C11H14BrNO2. The van der Waals surface area contributed by atoms with E-state index in [0.717, 1.165) is 10.0 Å². The molecule has 0 bridgehead atoms. The second-order valence-electron chi connectivity index (χ2n) is 3.45. The van der Waals surface area contributed by atoms with Crippen molar-refractivity contribution in [3.8, 4) is 5.75 Å². The number of benzene rings is 1. The molecule has 1 aromatic rings. The van der Waals surface area contributed by atoms with E-state index in [4.69, 9.17) is 10.5 Å². The van der Waals surface area contributed by atoms with Crippen LogP contribution in [0.4, 0.5) is 0 Å². The highest BCUT2D eigenvalue weighted by Gasteiger charge is 2.15. The molecule has 1 unspecified atom stereocenters. The van der Waals surface area contributed by atoms with E-state index in [1.807, 2.05) is 13.0 Å². The molecule has 0 saturated carbocycles. The van der Waals surface area contributed by atoms with Crippen LogP contribution in [0.2, 0.25) is 0 Å². The van der Waals surface area contributed by atoms with Crippen LogP contribution in [-0.4, -0.2) is 18.9 Å². The molecule has 0 aliphatic heterocycles. The average molecular weight is 272 g/mol. The van der Waals surface area contributed by atoms with Crippen LogP contribution in [0.15, 0.2) is 16.6 Å². The van der Waals surface area contributed by atoms with E-state index in [-0.39, 0.29) is 5.78 Å². The minimum atomic E-state index is -0.482. The highest BCUT2D eigenvalue weighted by molar-refractivity contribution is 9.10. The lowest BCUT2D eigenvalue weighted by atomic mass is 10.0. The SMILES string of the molecule is COc1cc(C)c(C(=O)C(C)N)cc1Br. The van der Waals surface area contributed by atoms with Gasteiger partial charge in [0, 0.05) is 5.56 Å². The van der Waals surface area contributed by atoms with Crippen LogP contribution >= 0.6 is 15.9 Å². The number of aryl methyl sites for hydroxylation is 1. The van der Waals surface area contributed by atoms with E-state index >= 15 is 0 Å². The number of hydrogen-bond donors (Lipinski definition) is 1. The van der Waals surface area contributed by atoms with Crippen LogP contribution in [0, 0.1) is 6.92 Å². The number of ketones is 1. The summed E-state index contributed by atoms with van der Waals surface area (Å²) in [5, 5.41) is 0. The fourth-order valence-electron chi connectivity index (χ4n) is 1.32. The molecule has 82 valence electrons. The first kappa shape index (κ1) is 12.2. The molecule has 0 aromatic heterocycles. The van der Waals surface area contributed by atoms with Crippen molar-refractivity contribution >= 4 is 21.7 Å². The Labute approximate surface area is 97.7 Å². The van der Waals surface area contributed by atoms with Gasteiger partial charge in [0.25, 0.3) is 0 Å². The molecule has 1 aromatic carbocycles. The minimum Gasteiger partial charge on any atom is -0.496 e. The van der Waals surface area contributed by atoms with E-state index in [9.17, 15) is 4.79 Å². The summed E-state index contributed by atoms with van der Waals surface area (Å²) in [6, 6.07) is 3.09. The van der Waals surface area contributed by atoms with E-state index < -0.39 is 6.04 Å². The van der Waals surface area contributed by atoms with Crippen LogP contribution in [0.25, 0.3) is 0 Å². The third-order valence-electron chi connectivity index (χ3n) is 2.18. The Morgan fingerprint density at radius 3 is 2.60 bits per heavy atom. The fraction of sp³-hybridized carbons (Fsp3) is 0.364. The summed E-state index contributed by atoms with van der Waals surface area (Å²) in [5.41, 5.74) is 7.07. The standard InChI is InChI=1S/C11H14BrNO2/c1-6-4-10(15-3)9(12)5-8(6)11(14)7(2)13/h4-5,7H,13H2,1-3H3. The molecule has 0 spiro atoms. The average Bonchev–Trinajstić information content (AvgIpc) is 2.19. The maximum absolute atomic E-state index is 11.7. The van der Waals surface area contributed by atoms with Crippen LogP contribution in [-0.2, 0) is 0 Å². The van der Waals surface area contributed by atoms with E-state index in [0.29, 0.717) is 11.3 Å². The van der Waals surface area contributed by atoms with Crippen molar-refractivity contribution in [2.24, 2.45) is 5.73 Å². The van der Waals surface area contributed by atoms with Gasteiger partial charge in [-0.2, -0.15) is 0 Å². The van der Waals surface area contributed by atoms with Gasteiger partial charge in [0.1, 0.15) is 5.75 Å². The Morgan fingerprint density at radius 1 is 1.53 bits per heavy atom. The molecule has 1 atom stereocenters. The largest absolute Gasteiger partial charge is 0.496 e. The number of rotatable bonds is 3. The first-order valence-electron chi connectivity index (χ1n) is 4.61. The zero-order valence-electron chi connectivity index (χ0n) is 9.00. The quantitative estimate of drug-likeness (QED) is 0.859. The van der Waals surface area contributed by atoms with Crippen molar-refractivity contribution in [3.63, 3.8) is 0 Å². The maximum atomic E-state index is 11.7. The van der Waals surface area contributed by atoms with Crippen LogP contribution in [0.1, 0.15) is 22.8 Å². The first-order valence-corrected chi connectivity index (χ1v) is 5.40. The molecule has 3 nitrogen and oxygen atoms in total. The molecule has 15 heavy (non-hydrogen) atoms. The van der Waals surface area contributed by atoms with Gasteiger partial charge >= 0.3 is 0 Å². The van der Waals surface area contributed by atoms with Gasteiger partial charge in [0.2, 0.25) is 0 Å². The van der Waals surface area contributed by atoms with Crippen LogP contribution in [0.3, 0.4) is 0 Å². The summed E-state index contributed by atoms with van der Waals surface area (Å²) in [4.78, 5) is 11.7. The molecular weight excluding hydrogens is 258 g/mol. The minimum absolute atomic E-state index is 0.0594. The number of carbonyl (C=O) groups is 1. The molecule has 4 heteroatoms. The molecule has 0 aliphatic carbocycles. The Morgan fingerprint density at radius 2 is 2.13 bits per heavy atom. The molecule has 0 aliphatic rings. The highest BCUT2D eigenvalue weighted by atomic mass is 79.9. The summed E-state index contributed by atoms with van der Waals surface area (Å²) in [6.07, 6.45) is 0. The van der Waals surface area contributed by atoms with Crippen molar-refractivity contribution in [2.45, 2.75) is 19.9 Å². The van der Waals surface area contributed by atoms with Gasteiger partial charge in [0.15, 0.2) is 5.78 Å². The molecule has 0 amide bonds. The summed E-state index contributed by atoms with van der Waals surface area (Å²) in [7, 11) is 1.59. The summed E-state index contributed by atoms with van der Waals surface area (Å²) < 4.78 is 5.90. The van der Waals surface area contributed by atoms with Crippen molar-refractivity contribution in [3.05, 3.63) is 27.7 Å².